The molecule has 8 nitrogen and oxygen atoms in total. The minimum atomic E-state index is -0.489. The van der Waals surface area contributed by atoms with E-state index in [0.717, 1.165) is 37.7 Å². The third-order valence-electron chi connectivity index (χ3n) is 7.04. The second kappa shape index (κ2) is 10.1. The average molecular weight is 515 g/mol. The van der Waals surface area contributed by atoms with E-state index in [9.17, 15) is 9.18 Å². The van der Waals surface area contributed by atoms with Crippen molar-refractivity contribution in [2.45, 2.75) is 38.8 Å². The van der Waals surface area contributed by atoms with E-state index < -0.39 is 5.82 Å². The number of methoxy groups -OCH3 is 1. The summed E-state index contributed by atoms with van der Waals surface area (Å²) in [4.78, 5) is 22.7. The molecule has 1 unspecified atom stereocenters. The van der Waals surface area contributed by atoms with Crippen LogP contribution in [0, 0.1) is 11.2 Å². The van der Waals surface area contributed by atoms with Gasteiger partial charge < -0.3 is 19.5 Å². The minimum Gasteiger partial charge on any atom is -0.493 e. The first-order chi connectivity index (χ1) is 17.4. The maximum absolute atomic E-state index is 13.6. The highest BCUT2D eigenvalue weighted by Gasteiger charge is 2.43. The summed E-state index contributed by atoms with van der Waals surface area (Å²) in [6, 6.07) is 8.07. The molecule has 1 aromatic heterocycles. The number of anilines is 2. The molecule has 0 bridgehead atoms. The molecule has 2 aromatic carbocycles. The Bertz CT molecular complexity index is 1280. The van der Waals surface area contributed by atoms with Crippen LogP contribution in [0.3, 0.4) is 0 Å². The highest BCUT2D eigenvalue weighted by Crippen LogP contribution is 2.41. The van der Waals surface area contributed by atoms with Crippen molar-refractivity contribution in [3.8, 4) is 11.5 Å². The maximum Gasteiger partial charge on any atom is 0.306 e. The quantitative estimate of drug-likeness (QED) is 0.424. The number of carbonyl (C=O) groups is 1. The molecule has 1 spiro atoms. The van der Waals surface area contributed by atoms with Crippen LogP contribution in [0.5, 0.6) is 11.5 Å². The van der Waals surface area contributed by atoms with E-state index in [4.69, 9.17) is 25.8 Å². The minimum absolute atomic E-state index is 0.0201. The van der Waals surface area contributed by atoms with Crippen LogP contribution in [-0.4, -0.2) is 53.9 Å². The van der Waals surface area contributed by atoms with Crippen LogP contribution < -0.4 is 14.8 Å². The summed E-state index contributed by atoms with van der Waals surface area (Å²) in [5, 5.41) is 3.94. The second-order valence-corrected chi connectivity index (χ2v) is 9.76. The van der Waals surface area contributed by atoms with Gasteiger partial charge in [0.25, 0.3) is 0 Å². The SMILES string of the molecule is CCC(Oc1cc2c(Nc3ccc(F)c(Cl)c3)ncnc2cc1OC)N1CCC2(CC1)COC(=O)C2. The fourth-order valence-electron chi connectivity index (χ4n) is 4.94. The van der Waals surface area contributed by atoms with Crippen LogP contribution >= 0.6 is 11.6 Å². The zero-order valence-electron chi connectivity index (χ0n) is 20.2. The van der Waals surface area contributed by atoms with Crippen molar-refractivity contribution in [3.63, 3.8) is 0 Å². The first kappa shape index (κ1) is 24.5. The number of hydrogen-bond donors (Lipinski definition) is 1. The van der Waals surface area contributed by atoms with Crippen molar-refractivity contribution >= 4 is 40.0 Å². The molecule has 5 rings (SSSR count). The zero-order valence-corrected chi connectivity index (χ0v) is 21.0. The molecular weight excluding hydrogens is 487 g/mol. The van der Waals surface area contributed by atoms with Gasteiger partial charge in [0, 0.05) is 35.6 Å². The van der Waals surface area contributed by atoms with Gasteiger partial charge in [-0.05, 0) is 43.5 Å². The number of hydrogen-bond acceptors (Lipinski definition) is 8. The molecule has 0 amide bonds. The summed E-state index contributed by atoms with van der Waals surface area (Å²) in [6.07, 6.45) is 4.36. The van der Waals surface area contributed by atoms with E-state index in [1.165, 1.54) is 18.5 Å². The van der Waals surface area contributed by atoms with Gasteiger partial charge in [0.05, 0.1) is 30.7 Å². The summed E-state index contributed by atoms with van der Waals surface area (Å²) in [6.45, 7) is 4.25. The Labute approximate surface area is 213 Å². The van der Waals surface area contributed by atoms with Crippen LogP contribution in [0.25, 0.3) is 10.9 Å². The molecule has 2 aliphatic rings. The number of cyclic esters (lactones) is 1. The number of fused-ring (bicyclic) bond motifs is 1. The summed E-state index contributed by atoms with van der Waals surface area (Å²) in [5.74, 6) is 1.10. The van der Waals surface area contributed by atoms with Crippen molar-refractivity contribution in [1.29, 1.82) is 0 Å². The predicted molar refractivity (Wildman–Crippen MR) is 134 cm³/mol. The molecule has 0 saturated carbocycles. The molecule has 2 saturated heterocycles. The molecule has 10 heteroatoms. The molecule has 36 heavy (non-hydrogen) atoms. The topological polar surface area (TPSA) is 85.8 Å². The van der Waals surface area contributed by atoms with Gasteiger partial charge in [-0.2, -0.15) is 0 Å². The number of carbonyl (C=O) groups excluding carboxylic acids is 1. The average Bonchev–Trinajstić information content (AvgIpc) is 3.24. The molecule has 190 valence electrons. The highest BCUT2D eigenvalue weighted by atomic mass is 35.5. The fourth-order valence-corrected chi connectivity index (χ4v) is 5.12. The molecule has 3 heterocycles. The highest BCUT2D eigenvalue weighted by molar-refractivity contribution is 6.31. The van der Waals surface area contributed by atoms with E-state index >= 15 is 0 Å². The van der Waals surface area contributed by atoms with Crippen molar-refractivity contribution in [3.05, 3.63) is 47.5 Å². The summed E-state index contributed by atoms with van der Waals surface area (Å²) < 4.78 is 31.0. The van der Waals surface area contributed by atoms with Crippen LogP contribution in [0.15, 0.2) is 36.7 Å². The lowest BCUT2D eigenvalue weighted by molar-refractivity contribution is -0.137. The van der Waals surface area contributed by atoms with Crippen LogP contribution in [-0.2, 0) is 9.53 Å². The molecule has 2 fully saturated rings. The van der Waals surface area contributed by atoms with E-state index in [1.54, 1.807) is 13.2 Å². The lowest BCUT2D eigenvalue weighted by atomic mass is 9.78. The summed E-state index contributed by atoms with van der Waals surface area (Å²) in [7, 11) is 1.59. The number of ether oxygens (including phenoxy) is 3. The first-order valence-corrected chi connectivity index (χ1v) is 12.4. The number of halogens is 2. The number of piperidine rings is 1. The Balaban J connectivity index is 1.39. The van der Waals surface area contributed by atoms with Gasteiger partial charge in [-0.3, -0.25) is 9.69 Å². The number of nitrogens with zero attached hydrogens (tertiary/aromatic N) is 3. The summed E-state index contributed by atoms with van der Waals surface area (Å²) in [5.41, 5.74) is 1.24. The number of likely N-dealkylation sites (tertiary alicyclic amines) is 1. The molecule has 1 atom stereocenters. The smallest absolute Gasteiger partial charge is 0.306 e. The molecule has 1 N–H and O–H groups in total. The lowest BCUT2D eigenvalue weighted by Gasteiger charge is -2.40. The monoisotopic (exact) mass is 514 g/mol. The Morgan fingerprint density at radius 3 is 2.69 bits per heavy atom. The number of aromatic nitrogens is 2. The van der Waals surface area contributed by atoms with Gasteiger partial charge in [0.2, 0.25) is 0 Å². The third kappa shape index (κ3) is 4.90. The van der Waals surface area contributed by atoms with Crippen molar-refractivity contribution < 1.29 is 23.4 Å². The van der Waals surface area contributed by atoms with Gasteiger partial charge in [-0.25, -0.2) is 14.4 Å². The maximum atomic E-state index is 13.6. The van der Waals surface area contributed by atoms with E-state index in [2.05, 4.69) is 27.1 Å². The molecule has 3 aromatic rings. The zero-order chi connectivity index (χ0) is 25.3. The van der Waals surface area contributed by atoms with Crippen LogP contribution in [0.2, 0.25) is 5.02 Å². The molecule has 0 aliphatic carbocycles. The van der Waals surface area contributed by atoms with E-state index in [0.29, 0.717) is 41.5 Å². The van der Waals surface area contributed by atoms with Gasteiger partial charge in [-0.1, -0.05) is 18.5 Å². The van der Waals surface area contributed by atoms with Gasteiger partial charge >= 0.3 is 5.97 Å². The van der Waals surface area contributed by atoms with Crippen LogP contribution in [0.4, 0.5) is 15.9 Å². The fraction of sp³-hybridized carbons (Fsp3) is 0.423. The predicted octanol–water partition coefficient (Wildman–Crippen LogP) is 5.32. The third-order valence-corrected chi connectivity index (χ3v) is 7.33. The van der Waals surface area contributed by atoms with Crippen molar-refractivity contribution in [2.75, 3.05) is 32.1 Å². The molecule has 2 aliphatic heterocycles. The standard InChI is InChI=1S/C26H28ClFN4O4/c1-3-23(32-8-6-26(7-9-32)13-24(33)35-14-26)36-22-11-17-20(12-21(22)34-2)29-15-30-25(17)31-16-4-5-19(28)18(27)10-16/h4-5,10-12,15,23H,3,6-9,13-14H2,1-2H3,(H,29,30,31). The number of rotatable bonds is 7. The van der Waals surface area contributed by atoms with E-state index in [-0.39, 0.29) is 22.6 Å². The van der Waals surface area contributed by atoms with Crippen LogP contribution in [0.1, 0.15) is 32.6 Å². The Hall–Kier alpha value is -3.17. The first-order valence-electron chi connectivity index (χ1n) is 12.0. The number of esters is 1. The Morgan fingerprint density at radius 1 is 1.22 bits per heavy atom. The largest absolute Gasteiger partial charge is 0.493 e. The Kier molecular flexibility index (Phi) is 6.85. The molecule has 0 radical (unpaired) electrons. The summed E-state index contributed by atoms with van der Waals surface area (Å²) >= 11 is 5.94. The normalized spacial score (nSPS) is 18.3. The molecular formula is C26H28ClFN4O4. The van der Waals surface area contributed by atoms with Crippen molar-refractivity contribution in [2.24, 2.45) is 5.41 Å². The second-order valence-electron chi connectivity index (χ2n) is 9.35. The van der Waals surface area contributed by atoms with Gasteiger partial charge in [0.1, 0.15) is 18.0 Å². The Morgan fingerprint density at radius 2 is 2.03 bits per heavy atom. The lowest BCUT2D eigenvalue weighted by Crippen LogP contribution is -2.47. The van der Waals surface area contributed by atoms with Gasteiger partial charge in [-0.15, -0.1) is 0 Å². The van der Waals surface area contributed by atoms with Crippen molar-refractivity contribution in [1.82, 2.24) is 14.9 Å². The number of benzene rings is 2. The number of nitrogens with one attached hydrogen (secondary N) is 1. The van der Waals surface area contributed by atoms with E-state index in [1.807, 2.05) is 12.1 Å². The van der Waals surface area contributed by atoms with Gasteiger partial charge in [0.15, 0.2) is 17.7 Å².